The van der Waals surface area contributed by atoms with E-state index in [9.17, 15) is 9.18 Å². The second-order valence-corrected chi connectivity index (χ2v) is 5.74. The van der Waals surface area contributed by atoms with Crippen molar-refractivity contribution in [3.8, 4) is 10.6 Å². The summed E-state index contributed by atoms with van der Waals surface area (Å²) in [5.41, 5.74) is 1.14. The standard InChI is InChI=1S/C13H13FN2O2S/c1-13(2,3)18-12(17)10-8(5-4-6-9(10)14)11-16-15-7-19-11/h4-7H,1-3H3. The lowest BCUT2D eigenvalue weighted by molar-refractivity contribution is 0.00657. The van der Waals surface area contributed by atoms with E-state index in [4.69, 9.17) is 4.74 Å². The molecule has 0 spiro atoms. The Balaban J connectivity index is 2.47. The van der Waals surface area contributed by atoms with Crippen molar-refractivity contribution in [1.82, 2.24) is 10.2 Å². The minimum absolute atomic E-state index is 0.103. The third kappa shape index (κ3) is 3.14. The Kier molecular flexibility index (Phi) is 3.61. The Morgan fingerprint density at radius 3 is 2.68 bits per heavy atom. The van der Waals surface area contributed by atoms with E-state index in [1.165, 1.54) is 29.0 Å². The third-order valence-electron chi connectivity index (χ3n) is 2.21. The quantitative estimate of drug-likeness (QED) is 0.792. The Morgan fingerprint density at radius 1 is 1.37 bits per heavy atom. The van der Waals surface area contributed by atoms with Crippen molar-refractivity contribution in [2.75, 3.05) is 0 Å². The molecule has 0 saturated heterocycles. The van der Waals surface area contributed by atoms with Crippen LogP contribution in [0.3, 0.4) is 0 Å². The number of ether oxygens (including phenoxy) is 1. The molecule has 0 unspecified atom stereocenters. The van der Waals surface area contributed by atoms with Crippen molar-refractivity contribution in [1.29, 1.82) is 0 Å². The van der Waals surface area contributed by atoms with Crippen LogP contribution in [0.1, 0.15) is 31.1 Å². The van der Waals surface area contributed by atoms with Crippen molar-refractivity contribution < 1.29 is 13.9 Å². The summed E-state index contributed by atoms with van der Waals surface area (Å²) in [6.07, 6.45) is 0. The van der Waals surface area contributed by atoms with Crippen LogP contribution in [-0.4, -0.2) is 21.8 Å². The molecule has 0 atom stereocenters. The molecule has 0 radical (unpaired) electrons. The van der Waals surface area contributed by atoms with Gasteiger partial charge in [0.05, 0.1) is 0 Å². The van der Waals surface area contributed by atoms with Gasteiger partial charge in [-0.15, -0.1) is 10.2 Å². The molecule has 0 aliphatic carbocycles. The zero-order chi connectivity index (χ0) is 14.0. The zero-order valence-corrected chi connectivity index (χ0v) is 11.6. The smallest absolute Gasteiger partial charge is 0.342 e. The van der Waals surface area contributed by atoms with E-state index in [0.717, 1.165) is 0 Å². The molecule has 0 amide bonds. The lowest BCUT2D eigenvalue weighted by atomic mass is 10.1. The molecular weight excluding hydrogens is 267 g/mol. The number of hydrogen-bond acceptors (Lipinski definition) is 5. The Labute approximate surface area is 114 Å². The zero-order valence-electron chi connectivity index (χ0n) is 10.8. The molecular formula is C13H13FN2O2S. The molecule has 0 fully saturated rings. The molecule has 2 aromatic rings. The summed E-state index contributed by atoms with van der Waals surface area (Å²) in [5.74, 6) is -1.32. The summed E-state index contributed by atoms with van der Waals surface area (Å²) in [5, 5.41) is 8.04. The van der Waals surface area contributed by atoms with E-state index < -0.39 is 17.4 Å². The summed E-state index contributed by atoms with van der Waals surface area (Å²) in [6.45, 7) is 5.20. The van der Waals surface area contributed by atoms with Gasteiger partial charge in [0, 0.05) is 5.56 Å². The highest BCUT2D eigenvalue weighted by atomic mass is 32.1. The number of rotatable bonds is 2. The van der Waals surface area contributed by atoms with Crippen LogP contribution >= 0.6 is 11.3 Å². The van der Waals surface area contributed by atoms with Gasteiger partial charge in [-0.1, -0.05) is 23.5 Å². The fraction of sp³-hybridized carbons (Fsp3) is 0.308. The van der Waals surface area contributed by atoms with Crippen LogP contribution in [0.2, 0.25) is 0 Å². The highest BCUT2D eigenvalue weighted by molar-refractivity contribution is 7.12. The van der Waals surface area contributed by atoms with Crippen LogP contribution in [0, 0.1) is 5.82 Å². The van der Waals surface area contributed by atoms with Gasteiger partial charge in [-0.2, -0.15) is 0 Å². The van der Waals surface area contributed by atoms with Gasteiger partial charge in [0.15, 0.2) is 0 Å². The van der Waals surface area contributed by atoms with Crippen molar-refractivity contribution in [3.05, 3.63) is 35.1 Å². The first-order valence-electron chi connectivity index (χ1n) is 5.67. The Hall–Kier alpha value is -1.82. The fourth-order valence-electron chi connectivity index (χ4n) is 1.53. The topological polar surface area (TPSA) is 52.1 Å². The molecule has 0 N–H and O–H groups in total. The van der Waals surface area contributed by atoms with E-state index in [2.05, 4.69) is 10.2 Å². The van der Waals surface area contributed by atoms with Crippen LogP contribution < -0.4 is 0 Å². The first kappa shape index (κ1) is 13.6. The largest absolute Gasteiger partial charge is 0.456 e. The molecule has 1 aromatic carbocycles. The lowest BCUT2D eigenvalue weighted by Gasteiger charge is -2.20. The van der Waals surface area contributed by atoms with E-state index in [-0.39, 0.29) is 5.56 Å². The van der Waals surface area contributed by atoms with Gasteiger partial charge in [-0.05, 0) is 26.8 Å². The first-order chi connectivity index (χ1) is 8.88. The molecule has 100 valence electrons. The normalized spacial score (nSPS) is 11.4. The van der Waals surface area contributed by atoms with Crippen LogP contribution in [0.5, 0.6) is 0 Å². The maximum absolute atomic E-state index is 13.9. The summed E-state index contributed by atoms with van der Waals surface area (Å²) in [6, 6.07) is 4.38. The number of carbonyl (C=O) groups is 1. The molecule has 1 aromatic heterocycles. The predicted octanol–water partition coefficient (Wildman–Crippen LogP) is 3.30. The maximum atomic E-state index is 13.9. The fourth-order valence-corrected chi connectivity index (χ4v) is 2.11. The Bertz CT molecular complexity index is 591. The van der Waals surface area contributed by atoms with Crippen molar-refractivity contribution in [2.24, 2.45) is 0 Å². The summed E-state index contributed by atoms with van der Waals surface area (Å²) in [7, 11) is 0. The number of benzene rings is 1. The Morgan fingerprint density at radius 2 is 2.11 bits per heavy atom. The molecule has 19 heavy (non-hydrogen) atoms. The second-order valence-electron chi connectivity index (χ2n) is 4.91. The number of nitrogens with zero attached hydrogens (tertiary/aromatic N) is 2. The van der Waals surface area contributed by atoms with Crippen LogP contribution in [-0.2, 0) is 4.74 Å². The highest BCUT2D eigenvalue weighted by Gasteiger charge is 2.25. The summed E-state index contributed by atoms with van der Waals surface area (Å²) in [4.78, 5) is 12.1. The SMILES string of the molecule is CC(C)(C)OC(=O)c1c(F)cccc1-c1nncs1. The van der Waals surface area contributed by atoms with Gasteiger partial charge in [-0.25, -0.2) is 9.18 Å². The van der Waals surface area contributed by atoms with Crippen molar-refractivity contribution in [2.45, 2.75) is 26.4 Å². The van der Waals surface area contributed by atoms with Crippen LogP contribution in [0.25, 0.3) is 10.6 Å². The van der Waals surface area contributed by atoms with Gasteiger partial charge < -0.3 is 4.74 Å². The minimum Gasteiger partial charge on any atom is -0.456 e. The maximum Gasteiger partial charge on any atom is 0.342 e. The number of aromatic nitrogens is 2. The molecule has 0 aliphatic rings. The molecule has 1 heterocycles. The molecule has 6 heteroatoms. The number of carbonyl (C=O) groups excluding carboxylic acids is 1. The molecule has 0 saturated carbocycles. The van der Waals surface area contributed by atoms with Gasteiger partial charge in [-0.3, -0.25) is 0 Å². The predicted molar refractivity (Wildman–Crippen MR) is 70.5 cm³/mol. The lowest BCUT2D eigenvalue weighted by Crippen LogP contribution is -2.25. The third-order valence-corrected chi connectivity index (χ3v) is 2.93. The minimum atomic E-state index is -0.698. The number of hydrogen-bond donors (Lipinski definition) is 0. The van der Waals surface area contributed by atoms with Crippen LogP contribution in [0.4, 0.5) is 4.39 Å². The average Bonchev–Trinajstić information content (AvgIpc) is 2.79. The van der Waals surface area contributed by atoms with E-state index in [0.29, 0.717) is 10.6 Å². The van der Waals surface area contributed by atoms with E-state index in [1.807, 2.05) is 0 Å². The first-order valence-corrected chi connectivity index (χ1v) is 6.55. The summed E-state index contributed by atoms with van der Waals surface area (Å²) < 4.78 is 19.1. The molecule has 0 aliphatic heterocycles. The molecule has 2 rings (SSSR count). The number of esters is 1. The van der Waals surface area contributed by atoms with Gasteiger partial charge in [0.2, 0.25) is 0 Å². The average molecular weight is 280 g/mol. The van der Waals surface area contributed by atoms with Crippen LogP contribution in [0.15, 0.2) is 23.7 Å². The monoisotopic (exact) mass is 280 g/mol. The van der Waals surface area contributed by atoms with Crippen molar-refractivity contribution >= 4 is 17.3 Å². The summed E-state index contributed by atoms with van der Waals surface area (Å²) >= 11 is 1.24. The van der Waals surface area contributed by atoms with Gasteiger partial charge in [0.25, 0.3) is 0 Å². The number of halogens is 1. The van der Waals surface area contributed by atoms with E-state index in [1.54, 1.807) is 26.8 Å². The molecule has 0 bridgehead atoms. The van der Waals surface area contributed by atoms with Gasteiger partial charge in [0.1, 0.15) is 27.5 Å². The van der Waals surface area contributed by atoms with Crippen molar-refractivity contribution in [3.63, 3.8) is 0 Å². The molecule has 4 nitrogen and oxygen atoms in total. The highest BCUT2D eigenvalue weighted by Crippen LogP contribution is 2.28. The second kappa shape index (κ2) is 5.05. The van der Waals surface area contributed by atoms with E-state index >= 15 is 0 Å². The van der Waals surface area contributed by atoms with Gasteiger partial charge >= 0.3 is 5.97 Å².